The number of hydrogen-bond donors (Lipinski definition) is 1. The highest BCUT2D eigenvalue weighted by atomic mass is 19.1. The van der Waals surface area contributed by atoms with Crippen molar-refractivity contribution in [1.29, 1.82) is 0 Å². The first-order valence-corrected chi connectivity index (χ1v) is 9.39. The van der Waals surface area contributed by atoms with Crippen molar-refractivity contribution in [3.8, 4) is 11.5 Å². The van der Waals surface area contributed by atoms with Crippen molar-refractivity contribution >= 4 is 11.6 Å². The lowest BCUT2D eigenvalue weighted by molar-refractivity contribution is -0.117. The molecule has 8 heteroatoms. The van der Waals surface area contributed by atoms with E-state index in [-0.39, 0.29) is 18.1 Å². The normalized spacial score (nSPS) is 15.2. The van der Waals surface area contributed by atoms with Gasteiger partial charge in [-0.05, 0) is 30.3 Å². The molecule has 1 heterocycles. The van der Waals surface area contributed by atoms with Crippen LogP contribution >= 0.6 is 0 Å². The number of anilines is 1. The first-order valence-electron chi connectivity index (χ1n) is 9.39. The van der Waals surface area contributed by atoms with Gasteiger partial charge in [-0.25, -0.2) is 8.78 Å². The molecule has 6 nitrogen and oxygen atoms in total. The van der Waals surface area contributed by atoms with E-state index < -0.39 is 11.6 Å². The molecule has 1 saturated heterocycles. The van der Waals surface area contributed by atoms with E-state index in [9.17, 15) is 13.6 Å². The molecule has 2 aromatic rings. The van der Waals surface area contributed by atoms with Crippen molar-refractivity contribution < 1.29 is 23.0 Å². The number of carbonyl (C=O) groups is 1. The van der Waals surface area contributed by atoms with Gasteiger partial charge in [-0.1, -0.05) is 0 Å². The molecule has 156 valence electrons. The molecule has 0 spiro atoms. The molecule has 1 fully saturated rings. The monoisotopic (exact) mass is 405 g/mol. The van der Waals surface area contributed by atoms with Crippen LogP contribution in [0.3, 0.4) is 0 Å². The minimum Gasteiger partial charge on any atom is -0.497 e. The zero-order valence-electron chi connectivity index (χ0n) is 16.6. The van der Waals surface area contributed by atoms with Crippen LogP contribution in [0.2, 0.25) is 0 Å². The van der Waals surface area contributed by atoms with E-state index in [2.05, 4.69) is 10.2 Å². The summed E-state index contributed by atoms with van der Waals surface area (Å²) in [6.45, 7) is 3.89. The predicted octanol–water partition coefficient (Wildman–Crippen LogP) is 2.74. The van der Waals surface area contributed by atoms with Crippen LogP contribution in [0.5, 0.6) is 11.5 Å². The third-order valence-corrected chi connectivity index (χ3v) is 4.92. The number of methoxy groups -OCH3 is 2. The Kier molecular flexibility index (Phi) is 7.00. The molecule has 1 amide bonds. The molecule has 0 unspecified atom stereocenters. The summed E-state index contributed by atoms with van der Waals surface area (Å²) >= 11 is 0. The molecule has 0 radical (unpaired) electrons. The average molecular weight is 405 g/mol. The van der Waals surface area contributed by atoms with Crippen LogP contribution in [0.25, 0.3) is 0 Å². The van der Waals surface area contributed by atoms with Crippen LogP contribution < -0.4 is 14.8 Å². The average Bonchev–Trinajstić information content (AvgIpc) is 2.71. The van der Waals surface area contributed by atoms with Gasteiger partial charge >= 0.3 is 0 Å². The van der Waals surface area contributed by atoms with E-state index in [1.807, 2.05) is 23.1 Å². The Balaban J connectivity index is 1.50. The Morgan fingerprint density at radius 3 is 2.38 bits per heavy atom. The highest BCUT2D eigenvalue weighted by Crippen LogP contribution is 2.25. The van der Waals surface area contributed by atoms with Gasteiger partial charge in [-0.3, -0.25) is 14.6 Å². The first-order chi connectivity index (χ1) is 14.0. The van der Waals surface area contributed by atoms with Crippen molar-refractivity contribution in [2.75, 3.05) is 52.3 Å². The van der Waals surface area contributed by atoms with Gasteiger partial charge in [0, 0.05) is 44.4 Å². The fraction of sp³-hybridized carbons (Fsp3) is 0.381. The fourth-order valence-corrected chi connectivity index (χ4v) is 3.34. The predicted molar refractivity (Wildman–Crippen MR) is 106 cm³/mol. The van der Waals surface area contributed by atoms with E-state index >= 15 is 0 Å². The highest BCUT2D eigenvalue weighted by Gasteiger charge is 2.20. The van der Waals surface area contributed by atoms with Crippen molar-refractivity contribution in [2.24, 2.45) is 0 Å². The SMILES string of the molecule is COc1ccc(OC)c(CN2CCN(CC(=O)Nc3ccc(F)cc3F)CC2)c1. The summed E-state index contributed by atoms with van der Waals surface area (Å²) in [5.41, 5.74) is 1.03. The van der Waals surface area contributed by atoms with Crippen molar-refractivity contribution in [3.05, 3.63) is 53.6 Å². The molecule has 0 atom stereocenters. The lowest BCUT2D eigenvalue weighted by atomic mass is 10.1. The summed E-state index contributed by atoms with van der Waals surface area (Å²) in [6.07, 6.45) is 0. The van der Waals surface area contributed by atoms with Crippen LogP contribution in [0.4, 0.5) is 14.5 Å². The van der Waals surface area contributed by atoms with Crippen molar-refractivity contribution in [1.82, 2.24) is 9.80 Å². The Morgan fingerprint density at radius 2 is 1.72 bits per heavy atom. The van der Waals surface area contributed by atoms with Gasteiger partial charge in [-0.2, -0.15) is 0 Å². The number of nitrogens with zero attached hydrogens (tertiary/aromatic N) is 2. The van der Waals surface area contributed by atoms with E-state index in [0.29, 0.717) is 13.1 Å². The molecule has 1 aliphatic heterocycles. The van der Waals surface area contributed by atoms with Gasteiger partial charge < -0.3 is 14.8 Å². The molecular formula is C21H25F2N3O3. The Hall–Kier alpha value is -2.71. The molecule has 2 aromatic carbocycles. The molecule has 0 saturated carbocycles. The number of rotatable bonds is 7. The van der Waals surface area contributed by atoms with Crippen molar-refractivity contribution in [2.45, 2.75) is 6.54 Å². The largest absolute Gasteiger partial charge is 0.497 e. The maximum Gasteiger partial charge on any atom is 0.238 e. The standard InChI is InChI=1S/C21H25F2N3O3/c1-28-17-4-6-20(29-2)15(11-17)13-25-7-9-26(10-8-25)14-21(27)24-19-5-3-16(22)12-18(19)23/h3-6,11-12H,7-10,13-14H2,1-2H3,(H,24,27). The number of ether oxygens (including phenoxy) is 2. The molecule has 1 aliphatic rings. The number of carbonyl (C=O) groups excluding carboxylic acids is 1. The zero-order valence-corrected chi connectivity index (χ0v) is 16.6. The van der Waals surface area contributed by atoms with E-state index in [1.165, 1.54) is 6.07 Å². The van der Waals surface area contributed by atoms with Gasteiger partial charge in [0.25, 0.3) is 0 Å². The smallest absolute Gasteiger partial charge is 0.238 e. The minimum atomic E-state index is -0.782. The number of nitrogens with one attached hydrogen (secondary N) is 1. The summed E-state index contributed by atoms with van der Waals surface area (Å²) in [7, 11) is 3.28. The van der Waals surface area contributed by atoms with E-state index in [4.69, 9.17) is 9.47 Å². The summed E-state index contributed by atoms with van der Waals surface area (Å²) in [6, 6.07) is 8.82. The highest BCUT2D eigenvalue weighted by molar-refractivity contribution is 5.92. The summed E-state index contributed by atoms with van der Waals surface area (Å²) < 4.78 is 37.4. The lowest BCUT2D eigenvalue weighted by Gasteiger charge is -2.34. The van der Waals surface area contributed by atoms with Gasteiger partial charge in [0.1, 0.15) is 23.1 Å². The van der Waals surface area contributed by atoms with Gasteiger partial charge in [-0.15, -0.1) is 0 Å². The summed E-state index contributed by atoms with van der Waals surface area (Å²) in [5.74, 6) is -0.184. The third-order valence-electron chi connectivity index (χ3n) is 4.92. The summed E-state index contributed by atoms with van der Waals surface area (Å²) in [4.78, 5) is 16.5. The molecule has 0 bridgehead atoms. The quantitative estimate of drug-likeness (QED) is 0.768. The number of halogens is 2. The third kappa shape index (κ3) is 5.65. The number of amides is 1. The first kappa shape index (κ1) is 21.0. The second-order valence-electron chi connectivity index (χ2n) is 6.90. The van der Waals surface area contributed by atoms with Crippen LogP contribution in [0.15, 0.2) is 36.4 Å². The number of benzene rings is 2. The van der Waals surface area contributed by atoms with E-state index in [1.54, 1.807) is 14.2 Å². The van der Waals surface area contributed by atoms with Gasteiger partial charge in [0.15, 0.2) is 0 Å². The van der Waals surface area contributed by atoms with Crippen LogP contribution in [-0.4, -0.2) is 62.7 Å². The fourth-order valence-electron chi connectivity index (χ4n) is 3.34. The van der Waals surface area contributed by atoms with Gasteiger partial charge in [0.2, 0.25) is 5.91 Å². The summed E-state index contributed by atoms with van der Waals surface area (Å²) in [5, 5.41) is 2.50. The molecule has 0 aliphatic carbocycles. The molecule has 1 N–H and O–H groups in total. The maximum absolute atomic E-state index is 13.7. The van der Waals surface area contributed by atoms with Crippen molar-refractivity contribution in [3.63, 3.8) is 0 Å². The maximum atomic E-state index is 13.7. The molecule has 3 rings (SSSR count). The number of hydrogen-bond acceptors (Lipinski definition) is 5. The van der Waals surface area contributed by atoms with Crippen LogP contribution in [-0.2, 0) is 11.3 Å². The Morgan fingerprint density at radius 1 is 1.00 bits per heavy atom. The van der Waals surface area contributed by atoms with E-state index in [0.717, 1.165) is 48.8 Å². The Bertz CT molecular complexity index is 855. The second-order valence-corrected chi connectivity index (χ2v) is 6.90. The molecule has 29 heavy (non-hydrogen) atoms. The van der Waals surface area contributed by atoms with Gasteiger partial charge in [0.05, 0.1) is 26.5 Å². The minimum absolute atomic E-state index is 0.0137. The lowest BCUT2D eigenvalue weighted by Crippen LogP contribution is -2.48. The number of piperazine rings is 1. The van der Waals surface area contributed by atoms with Crippen LogP contribution in [0, 0.1) is 11.6 Å². The Labute approximate surface area is 169 Å². The molecule has 0 aromatic heterocycles. The zero-order chi connectivity index (χ0) is 20.8. The molecular weight excluding hydrogens is 380 g/mol. The second kappa shape index (κ2) is 9.67. The topological polar surface area (TPSA) is 54.0 Å². The van der Waals surface area contributed by atoms with Crippen LogP contribution in [0.1, 0.15) is 5.56 Å².